The Balaban J connectivity index is 2.26. The van der Waals surface area contributed by atoms with Crippen LogP contribution in [-0.4, -0.2) is 15.0 Å². The second-order valence-electron chi connectivity index (χ2n) is 3.72. The van der Waals surface area contributed by atoms with Gasteiger partial charge in [-0.1, -0.05) is 35.6 Å². The van der Waals surface area contributed by atoms with Crippen molar-refractivity contribution in [1.29, 1.82) is 0 Å². The molecule has 0 amide bonds. The molecule has 0 spiro atoms. The summed E-state index contributed by atoms with van der Waals surface area (Å²) in [6.07, 6.45) is 9.53. The van der Waals surface area contributed by atoms with Gasteiger partial charge in [0.1, 0.15) is 5.76 Å². The average molecular weight is 208 g/mol. The number of rotatable bonds is 1. The van der Waals surface area contributed by atoms with Gasteiger partial charge in [-0.2, -0.15) is 0 Å². The SMILES string of the molecule is C[C@@]1(/C=C2/C=CCC2)SC(=O)C=C1O. The van der Waals surface area contributed by atoms with Gasteiger partial charge in [-0.15, -0.1) is 0 Å². The Morgan fingerprint density at radius 3 is 2.93 bits per heavy atom. The molecule has 1 aliphatic carbocycles. The van der Waals surface area contributed by atoms with Crippen LogP contribution in [0.25, 0.3) is 0 Å². The van der Waals surface area contributed by atoms with E-state index >= 15 is 0 Å². The molecule has 0 aromatic carbocycles. The average Bonchev–Trinajstić information content (AvgIpc) is 2.62. The number of thioether (sulfide) groups is 1. The molecular weight excluding hydrogens is 196 g/mol. The lowest BCUT2D eigenvalue weighted by Crippen LogP contribution is -2.17. The van der Waals surface area contributed by atoms with E-state index in [4.69, 9.17) is 0 Å². The molecule has 0 unspecified atom stereocenters. The van der Waals surface area contributed by atoms with Gasteiger partial charge in [0.2, 0.25) is 5.12 Å². The number of aliphatic hydroxyl groups excluding tert-OH is 1. The third-order valence-electron chi connectivity index (χ3n) is 2.47. The fourth-order valence-electron chi connectivity index (χ4n) is 1.69. The number of hydrogen-bond acceptors (Lipinski definition) is 3. The Bertz CT molecular complexity index is 365. The predicted molar refractivity (Wildman–Crippen MR) is 58.2 cm³/mol. The Morgan fingerprint density at radius 2 is 2.43 bits per heavy atom. The number of aliphatic hydroxyl groups is 1. The summed E-state index contributed by atoms with van der Waals surface area (Å²) >= 11 is 1.17. The smallest absolute Gasteiger partial charge is 0.216 e. The highest BCUT2D eigenvalue weighted by Gasteiger charge is 2.36. The minimum absolute atomic E-state index is 0.0659. The Labute approximate surface area is 87.4 Å². The molecule has 0 aromatic heterocycles. The summed E-state index contributed by atoms with van der Waals surface area (Å²) in [5.41, 5.74) is 1.20. The van der Waals surface area contributed by atoms with Gasteiger partial charge in [0.05, 0.1) is 4.75 Å². The summed E-state index contributed by atoms with van der Waals surface area (Å²) < 4.78 is -0.541. The summed E-state index contributed by atoms with van der Waals surface area (Å²) in [6, 6.07) is 0. The molecule has 1 aliphatic heterocycles. The molecule has 0 radical (unpaired) electrons. The van der Waals surface area contributed by atoms with Gasteiger partial charge in [0.15, 0.2) is 0 Å². The van der Waals surface area contributed by atoms with Crippen molar-refractivity contribution in [3.63, 3.8) is 0 Å². The van der Waals surface area contributed by atoms with Crippen molar-refractivity contribution >= 4 is 16.9 Å². The first-order valence-electron chi connectivity index (χ1n) is 4.62. The van der Waals surface area contributed by atoms with E-state index in [1.807, 2.05) is 13.0 Å². The minimum atomic E-state index is -0.541. The van der Waals surface area contributed by atoms with Gasteiger partial charge in [-0.3, -0.25) is 4.79 Å². The standard InChI is InChI=1S/C11H12O2S/c1-11(7-8-4-2-3-5-8)9(12)6-10(13)14-11/h2,4,6-7,12H,3,5H2,1H3/b8-7-/t11-/m0/s1. The lowest BCUT2D eigenvalue weighted by molar-refractivity contribution is -0.106. The molecule has 1 atom stereocenters. The first-order chi connectivity index (χ1) is 6.60. The number of carbonyl (C=O) groups is 1. The second kappa shape index (κ2) is 3.31. The van der Waals surface area contributed by atoms with Crippen molar-refractivity contribution in [2.75, 3.05) is 0 Å². The fraction of sp³-hybridized carbons (Fsp3) is 0.364. The van der Waals surface area contributed by atoms with Gasteiger partial charge < -0.3 is 5.11 Å². The molecule has 14 heavy (non-hydrogen) atoms. The fourth-order valence-corrected chi connectivity index (χ4v) is 2.65. The van der Waals surface area contributed by atoms with Crippen LogP contribution in [0.1, 0.15) is 19.8 Å². The topological polar surface area (TPSA) is 37.3 Å². The van der Waals surface area contributed by atoms with E-state index in [-0.39, 0.29) is 10.9 Å². The van der Waals surface area contributed by atoms with E-state index in [9.17, 15) is 9.90 Å². The molecule has 2 nitrogen and oxygen atoms in total. The minimum Gasteiger partial charge on any atom is -0.510 e. The molecule has 74 valence electrons. The second-order valence-corrected chi connectivity index (χ2v) is 5.17. The van der Waals surface area contributed by atoms with Crippen molar-refractivity contribution in [3.8, 4) is 0 Å². The monoisotopic (exact) mass is 208 g/mol. The van der Waals surface area contributed by atoms with Crippen LogP contribution in [0.3, 0.4) is 0 Å². The molecule has 3 heteroatoms. The van der Waals surface area contributed by atoms with Crippen molar-refractivity contribution in [3.05, 3.63) is 35.6 Å². The zero-order valence-electron chi connectivity index (χ0n) is 7.99. The zero-order chi connectivity index (χ0) is 10.2. The molecule has 1 heterocycles. The van der Waals surface area contributed by atoms with Gasteiger partial charge in [-0.05, 0) is 19.8 Å². The maximum Gasteiger partial charge on any atom is 0.216 e. The van der Waals surface area contributed by atoms with Crippen LogP contribution in [0.2, 0.25) is 0 Å². The Hall–Kier alpha value is -0.960. The van der Waals surface area contributed by atoms with Crippen LogP contribution < -0.4 is 0 Å². The highest BCUT2D eigenvalue weighted by Crippen LogP contribution is 2.41. The molecule has 0 bridgehead atoms. The maximum atomic E-state index is 11.1. The summed E-state index contributed by atoms with van der Waals surface area (Å²) in [6.45, 7) is 1.87. The lowest BCUT2D eigenvalue weighted by atomic mass is 10.0. The Morgan fingerprint density at radius 1 is 1.64 bits per heavy atom. The first-order valence-corrected chi connectivity index (χ1v) is 5.44. The lowest BCUT2D eigenvalue weighted by Gasteiger charge is -2.18. The number of hydrogen-bond donors (Lipinski definition) is 1. The molecule has 0 aromatic rings. The molecule has 0 saturated carbocycles. The van der Waals surface area contributed by atoms with Crippen molar-refractivity contribution < 1.29 is 9.90 Å². The molecular formula is C11H12O2S. The highest BCUT2D eigenvalue weighted by molar-refractivity contribution is 8.15. The molecule has 2 rings (SSSR count). The zero-order valence-corrected chi connectivity index (χ0v) is 8.80. The largest absolute Gasteiger partial charge is 0.510 e. The van der Waals surface area contributed by atoms with Crippen molar-refractivity contribution in [1.82, 2.24) is 0 Å². The van der Waals surface area contributed by atoms with Crippen LogP contribution in [0.5, 0.6) is 0 Å². The van der Waals surface area contributed by atoms with Gasteiger partial charge in [-0.25, -0.2) is 0 Å². The summed E-state index contributed by atoms with van der Waals surface area (Å²) in [5, 5.41) is 9.56. The molecule has 0 saturated heterocycles. The van der Waals surface area contributed by atoms with E-state index in [0.717, 1.165) is 12.8 Å². The first kappa shape index (κ1) is 9.59. The van der Waals surface area contributed by atoms with E-state index in [1.165, 1.54) is 23.4 Å². The highest BCUT2D eigenvalue weighted by atomic mass is 32.2. The van der Waals surface area contributed by atoms with Crippen LogP contribution in [0, 0.1) is 0 Å². The van der Waals surface area contributed by atoms with E-state index in [0.29, 0.717) is 0 Å². The number of carbonyl (C=O) groups excluding carboxylic acids is 1. The maximum absolute atomic E-state index is 11.1. The van der Waals surface area contributed by atoms with Gasteiger partial charge in [0, 0.05) is 6.08 Å². The third kappa shape index (κ3) is 1.64. The summed E-state index contributed by atoms with van der Waals surface area (Å²) in [7, 11) is 0. The molecule has 1 N–H and O–H groups in total. The van der Waals surface area contributed by atoms with Crippen molar-refractivity contribution in [2.24, 2.45) is 0 Å². The van der Waals surface area contributed by atoms with Crippen LogP contribution >= 0.6 is 11.8 Å². The van der Waals surface area contributed by atoms with Gasteiger partial charge >= 0.3 is 0 Å². The Kier molecular flexibility index (Phi) is 2.27. The molecule has 2 aliphatic rings. The van der Waals surface area contributed by atoms with Crippen LogP contribution in [0.15, 0.2) is 35.6 Å². The van der Waals surface area contributed by atoms with Gasteiger partial charge in [0.25, 0.3) is 0 Å². The van der Waals surface area contributed by atoms with E-state index < -0.39 is 4.75 Å². The van der Waals surface area contributed by atoms with Crippen LogP contribution in [0.4, 0.5) is 0 Å². The normalized spacial score (nSPS) is 34.2. The van der Waals surface area contributed by atoms with E-state index in [2.05, 4.69) is 12.2 Å². The summed E-state index contributed by atoms with van der Waals surface area (Å²) in [4.78, 5) is 11.1. The summed E-state index contributed by atoms with van der Waals surface area (Å²) in [5.74, 6) is 0.167. The van der Waals surface area contributed by atoms with E-state index in [1.54, 1.807) is 0 Å². The number of allylic oxidation sites excluding steroid dienone is 3. The predicted octanol–water partition coefficient (Wildman–Crippen LogP) is 2.74. The van der Waals surface area contributed by atoms with Crippen molar-refractivity contribution in [2.45, 2.75) is 24.5 Å². The molecule has 0 fully saturated rings. The van der Waals surface area contributed by atoms with Crippen LogP contribution in [-0.2, 0) is 4.79 Å². The quantitative estimate of drug-likeness (QED) is 0.720. The third-order valence-corrected chi connectivity index (χ3v) is 3.54.